The Balaban J connectivity index is 1.77. The van der Waals surface area contributed by atoms with Gasteiger partial charge in [0.15, 0.2) is 9.84 Å². The molecule has 2 aromatic carbocycles. The maximum absolute atomic E-state index is 11.7. The van der Waals surface area contributed by atoms with Crippen molar-refractivity contribution < 1.29 is 13.2 Å². The minimum absolute atomic E-state index is 0.138. The van der Waals surface area contributed by atoms with Crippen LogP contribution in [0.4, 0.5) is 0 Å². The second-order valence-electron chi connectivity index (χ2n) is 4.97. The summed E-state index contributed by atoms with van der Waals surface area (Å²) >= 11 is 0. The minimum Gasteiger partial charge on any atom is -0.486 e. The monoisotopic (exact) mass is 329 g/mol. The summed E-state index contributed by atoms with van der Waals surface area (Å²) in [5.74, 6) is 0.310. The Bertz CT molecular complexity index is 905. The molecule has 0 unspecified atom stereocenters. The maximum atomic E-state index is 11.7. The molecule has 3 aromatic rings. The second kappa shape index (κ2) is 6.21. The normalized spacial score (nSPS) is 11.3. The fourth-order valence-electron chi connectivity index (χ4n) is 2.07. The summed E-state index contributed by atoms with van der Waals surface area (Å²) in [6, 6.07) is 16.0. The number of nitrogens with zero attached hydrogens (tertiary/aromatic N) is 3. The van der Waals surface area contributed by atoms with Gasteiger partial charge in [0.1, 0.15) is 22.9 Å². The highest BCUT2D eigenvalue weighted by molar-refractivity contribution is 7.90. The van der Waals surface area contributed by atoms with Crippen LogP contribution < -0.4 is 4.74 Å². The molecule has 118 valence electrons. The van der Waals surface area contributed by atoms with Crippen LogP contribution in [-0.4, -0.2) is 29.7 Å². The molecule has 0 spiro atoms. The van der Waals surface area contributed by atoms with Crippen LogP contribution in [0.5, 0.6) is 5.75 Å². The quantitative estimate of drug-likeness (QED) is 0.718. The van der Waals surface area contributed by atoms with Crippen molar-refractivity contribution >= 4 is 9.84 Å². The van der Waals surface area contributed by atoms with Gasteiger partial charge in [0.05, 0.1) is 11.9 Å². The van der Waals surface area contributed by atoms with E-state index in [1.165, 1.54) is 10.9 Å². The number of aromatic nitrogens is 3. The van der Waals surface area contributed by atoms with Crippen molar-refractivity contribution in [3.05, 3.63) is 66.5 Å². The van der Waals surface area contributed by atoms with E-state index in [0.717, 1.165) is 11.9 Å². The van der Waals surface area contributed by atoms with E-state index in [2.05, 4.69) is 10.2 Å². The van der Waals surface area contributed by atoms with Crippen LogP contribution in [0.15, 0.2) is 65.7 Å². The Labute approximate surface area is 134 Å². The summed E-state index contributed by atoms with van der Waals surface area (Å²) in [5.41, 5.74) is 1.45. The van der Waals surface area contributed by atoms with Crippen LogP contribution in [0.25, 0.3) is 5.69 Å². The van der Waals surface area contributed by atoms with Gasteiger partial charge in [-0.2, -0.15) is 9.90 Å². The van der Waals surface area contributed by atoms with Crippen molar-refractivity contribution in [2.45, 2.75) is 11.5 Å². The number of ether oxygens (including phenoxy) is 1. The fraction of sp³-hybridized carbons (Fsp3) is 0.125. The molecule has 3 rings (SSSR count). The fourth-order valence-corrected chi connectivity index (χ4v) is 2.89. The number of para-hydroxylation sites is 2. The molecule has 7 heteroatoms. The largest absolute Gasteiger partial charge is 0.486 e. The molecular formula is C16H15N3O3S. The Hall–Kier alpha value is -2.67. The van der Waals surface area contributed by atoms with Gasteiger partial charge in [0.25, 0.3) is 0 Å². The Kier molecular flexibility index (Phi) is 4.12. The van der Waals surface area contributed by atoms with E-state index in [1.807, 2.05) is 30.3 Å². The van der Waals surface area contributed by atoms with Gasteiger partial charge in [-0.15, -0.1) is 5.10 Å². The highest BCUT2D eigenvalue weighted by Gasteiger charge is 2.14. The average molecular weight is 329 g/mol. The standard InChI is InChI=1S/C16H15N3O3S/c1-23(20,21)16-10-6-5-9-15(16)22-12-13-11-17-19(18-13)14-7-3-2-4-8-14/h2-11H,12H2,1H3. The molecule has 23 heavy (non-hydrogen) atoms. The smallest absolute Gasteiger partial charge is 0.179 e. The first kappa shape index (κ1) is 15.2. The molecular weight excluding hydrogens is 314 g/mol. The van der Waals surface area contributed by atoms with Crippen molar-refractivity contribution in [1.82, 2.24) is 15.0 Å². The lowest BCUT2D eigenvalue weighted by molar-refractivity contribution is 0.292. The van der Waals surface area contributed by atoms with Crippen molar-refractivity contribution in [3.8, 4) is 11.4 Å². The lowest BCUT2D eigenvalue weighted by atomic mass is 10.3. The molecule has 6 nitrogen and oxygen atoms in total. The van der Waals surface area contributed by atoms with E-state index in [1.54, 1.807) is 24.4 Å². The van der Waals surface area contributed by atoms with Crippen LogP contribution in [0, 0.1) is 0 Å². The van der Waals surface area contributed by atoms with Gasteiger partial charge < -0.3 is 4.74 Å². The van der Waals surface area contributed by atoms with Gasteiger partial charge >= 0.3 is 0 Å². The average Bonchev–Trinajstić information content (AvgIpc) is 3.02. The minimum atomic E-state index is -3.34. The van der Waals surface area contributed by atoms with Gasteiger partial charge in [-0.25, -0.2) is 8.42 Å². The Morgan fingerprint density at radius 3 is 2.48 bits per heavy atom. The van der Waals surface area contributed by atoms with Gasteiger partial charge in [-0.05, 0) is 24.3 Å². The van der Waals surface area contributed by atoms with Gasteiger partial charge in [0, 0.05) is 6.26 Å². The first-order chi connectivity index (χ1) is 11.0. The van der Waals surface area contributed by atoms with Gasteiger partial charge in [-0.1, -0.05) is 30.3 Å². The lowest BCUT2D eigenvalue weighted by Crippen LogP contribution is -2.04. The maximum Gasteiger partial charge on any atom is 0.179 e. The Morgan fingerprint density at radius 2 is 1.74 bits per heavy atom. The van der Waals surface area contributed by atoms with Crippen molar-refractivity contribution in [2.75, 3.05) is 6.26 Å². The first-order valence-corrected chi connectivity index (χ1v) is 8.82. The zero-order chi connectivity index (χ0) is 16.3. The third kappa shape index (κ3) is 3.57. The summed E-state index contributed by atoms with van der Waals surface area (Å²) in [5, 5.41) is 8.50. The van der Waals surface area contributed by atoms with Crippen LogP contribution in [0.3, 0.4) is 0 Å². The van der Waals surface area contributed by atoms with Crippen LogP contribution >= 0.6 is 0 Å². The molecule has 0 amide bonds. The number of hydrogen-bond donors (Lipinski definition) is 0. The first-order valence-electron chi connectivity index (χ1n) is 6.92. The zero-order valence-electron chi connectivity index (χ0n) is 12.5. The highest BCUT2D eigenvalue weighted by Crippen LogP contribution is 2.23. The summed E-state index contributed by atoms with van der Waals surface area (Å²) in [4.78, 5) is 1.66. The molecule has 0 saturated heterocycles. The highest BCUT2D eigenvalue weighted by atomic mass is 32.2. The third-order valence-electron chi connectivity index (χ3n) is 3.15. The van der Waals surface area contributed by atoms with Crippen LogP contribution in [0.2, 0.25) is 0 Å². The SMILES string of the molecule is CS(=O)(=O)c1ccccc1OCc1cnn(-c2ccccc2)n1. The Morgan fingerprint density at radius 1 is 1.04 bits per heavy atom. The third-order valence-corrected chi connectivity index (χ3v) is 4.29. The number of benzene rings is 2. The van der Waals surface area contributed by atoms with Gasteiger partial charge in [0.2, 0.25) is 0 Å². The van der Waals surface area contributed by atoms with Crippen molar-refractivity contribution in [3.63, 3.8) is 0 Å². The predicted molar refractivity (Wildman–Crippen MR) is 85.2 cm³/mol. The molecule has 0 radical (unpaired) electrons. The molecule has 1 heterocycles. The summed E-state index contributed by atoms with van der Waals surface area (Å²) in [6.45, 7) is 0.138. The van der Waals surface area contributed by atoms with Gasteiger partial charge in [-0.3, -0.25) is 0 Å². The number of rotatable bonds is 5. The molecule has 0 bridgehead atoms. The van der Waals surface area contributed by atoms with E-state index in [-0.39, 0.29) is 11.5 Å². The summed E-state index contributed by atoms with van der Waals surface area (Å²) in [6.07, 6.45) is 2.75. The topological polar surface area (TPSA) is 74.1 Å². The van der Waals surface area contributed by atoms with Crippen LogP contribution in [0.1, 0.15) is 5.69 Å². The molecule has 0 saturated carbocycles. The predicted octanol–water partition coefficient (Wildman–Crippen LogP) is 2.25. The van der Waals surface area contributed by atoms with E-state index in [9.17, 15) is 8.42 Å². The molecule has 0 aliphatic heterocycles. The summed E-state index contributed by atoms with van der Waals surface area (Å²) < 4.78 is 29.1. The van der Waals surface area contributed by atoms with E-state index < -0.39 is 9.84 Å². The van der Waals surface area contributed by atoms with Crippen molar-refractivity contribution in [1.29, 1.82) is 0 Å². The van der Waals surface area contributed by atoms with E-state index in [0.29, 0.717) is 11.4 Å². The second-order valence-corrected chi connectivity index (χ2v) is 6.95. The number of sulfone groups is 1. The summed E-state index contributed by atoms with van der Waals surface area (Å²) in [7, 11) is -3.34. The molecule has 0 atom stereocenters. The molecule has 1 aromatic heterocycles. The number of hydrogen-bond acceptors (Lipinski definition) is 5. The van der Waals surface area contributed by atoms with E-state index >= 15 is 0 Å². The van der Waals surface area contributed by atoms with E-state index in [4.69, 9.17) is 4.74 Å². The van der Waals surface area contributed by atoms with Crippen LogP contribution in [-0.2, 0) is 16.4 Å². The lowest BCUT2D eigenvalue weighted by Gasteiger charge is -2.08. The molecule has 0 N–H and O–H groups in total. The molecule has 0 aliphatic carbocycles. The molecule has 0 aliphatic rings. The molecule has 0 fully saturated rings. The van der Waals surface area contributed by atoms with Crippen molar-refractivity contribution in [2.24, 2.45) is 0 Å². The zero-order valence-corrected chi connectivity index (χ0v) is 13.3.